The fourth-order valence-corrected chi connectivity index (χ4v) is 2.05. The smallest absolute Gasteiger partial charge is 0.0300 e. The fraction of sp³-hybridized carbons (Fsp3) is 0.692. The molecule has 0 bridgehead atoms. The standard InChI is InChI=1S/C13H23NS/c1-10(13(3,4)5)8-14-11(2)12-6-7-15-9-12/h6-7,9-11,14H,8H2,1-5H3. The summed E-state index contributed by atoms with van der Waals surface area (Å²) >= 11 is 1.77. The Morgan fingerprint density at radius 1 is 1.33 bits per heavy atom. The average Bonchev–Trinajstić information content (AvgIpc) is 2.64. The molecule has 15 heavy (non-hydrogen) atoms. The van der Waals surface area contributed by atoms with Gasteiger partial charge >= 0.3 is 0 Å². The second-order valence-electron chi connectivity index (χ2n) is 5.45. The SMILES string of the molecule is CC(NCC(C)C(C)(C)C)c1ccsc1. The number of nitrogens with one attached hydrogen (secondary N) is 1. The van der Waals surface area contributed by atoms with E-state index in [1.165, 1.54) is 5.56 Å². The lowest BCUT2D eigenvalue weighted by Gasteiger charge is -2.28. The molecule has 0 saturated carbocycles. The second kappa shape index (κ2) is 5.13. The topological polar surface area (TPSA) is 12.0 Å². The molecule has 0 aromatic carbocycles. The van der Waals surface area contributed by atoms with Gasteiger partial charge in [0.25, 0.3) is 0 Å². The summed E-state index contributed by atoms with van der Waals surface area (Å²) in [5.74, 6) is 0.693. The highest BCUT2D eigenvalue weighted by molar-refractivity contribution is 7.07. The minimum atomic E-state index is 0.390. The molecule has 0 amide bonds. The van der Waals surface area contributed by atoms with Crippen LogP contribution in [0.25, 0.3) is 0 Å². The maximum atomic E-state index is 3.60. The van der Waals surface area contributed by atoms with Gasteiger partial charge in [0.2, 0.25) is 0 Å². The van der Waals surface area contributed by atoms with E-state index in [0.29, 0.717) is 17.4 Å². The van der Waals surface area contributed by atoms with Crippen LogP contribution in [0.3, 0.4) is 0 Å². The van der Waals surface area contributed by atoms with Crippen molar-refractivity contribution in [3.05, 3.63) is 22.4 Å². The van der Waals surface area contributed by atoms with Crippen LogP contribution < -0.4 is 5.32 Å². The van der Waals surface area contributed by atoms with E-state index in [1.807, 2.05) is 0 Å². The molecule has 2 atom stereocenters. The van der Waals surface area contributed by atoms with Crippen LogP contribution >= 0.6 is 11.3 Å². The Balaban J connectivity index is 2.38. The van der Waals surface area contributed by atoms with Crippen molar-refractivity contribution >= 4 is 11.3 Å². The van der Waals surface area contributed by atoms with Gasteiger partial charge in [-0.2, -0.15) is 11.3 Å². The largest absolute Gasteiger partial charge is 0.310 e. The first kappa shape index (κ1) is 12.7. The predicted molar refractivity (Wildman–Crippen MR) is 69.4 cm³/mol. The van der Waals surface area contributed by atoms with Crippen LogP contribution in [0.4, 0.5) is 0 Å². The summed E-state index contributed by atoms with van der Waals surface area (Å²) in [6.07, 6.45) is 0. The maximum Gasteiger partial charge on any atom is 0.0300 e. The van der Waals surface area contributed by atoms with Gasteiger partial charge in [-0.1, -0.05) is 27.7 Å². The maximum absolute atomic E-state index is 3.60. The molecule has 1 heterocycles. The summed E-state index contributed by atoms with van der Waals surface area (Å²) in [6.45, 7) is 12.5. The first-order valence-corrected chi connectivity index (χ1v) is 6.61. The van der Waals surface area contributed by atoms with Crippen molar-refractivity contribution in [1.29, 1.82) is 0 Å². The first-order valence-electron chi connectivity index (χ1n) is 5.66. The third-order valence-electron chi connectivity index (χ3n) is 3.25. The van der Waals surface area contributed by atoms with Gasteiger partial charge in [-0.3, -0.25) is 0 Å². The van der Waals surface area contributed by atoms with Crippen LogP contribution in [0, 0.1) is 11.3 Å². The Morgan fingerprint density at radius 2 is 2.00 bits per heavy atom. The molecule has 0 radical (unpaired) electrons. The lowest BCUT2D eigenvalue weighted by Crippen LogP contribution is -2.31. The highest BCUT2D eigenvalue weighted by atomic mass is 32.1. The van der Waals surface area contributed by atoms with Crippen LogP contribution in [0.5, 0.6) is 0 Å². The molecular weight excluding hydrogens is 202 g/mol. The van der Waals surface area contributed by atoms with E-state index >= 15 is 0 Å². The average molecular weight is 225 g/mol. The minimum absolute atomic E-state index is 0.390. The monoisotopic (exact) mass is 225 g/mol. The Kier molecular flexibility index (Phi) is 4.35. The van der Waals surface area contributed by atoms with Crippen LogP contribution in [0.15, 0.2) is 16.8 Å². The Morgan fingerprint density at radius 3 is 2.47 bits per heavy atom. The molecule has 1 aromatic heterocycles. The van der Waals surface area contributed by atoms with Gasteiger partial charge in [0.05, 0.1) is 0 Å². The molecule has 1 aromatic rings. The van der Waals surface area contributed by atoms with Crippen molar-refractivity contribution in [2.24, 2.45) is 11.3 Å². The van der Waals surface area contributed by atoms with Gasteiger partial charge in [0, 0.05) is 6.04 Å². The lowest BCUT2D eigenvalue weighted by molar-refractivity contribution is 0.247. The van der Waals surface area contributed by atoms with Gasteiger partial charge in [-0.25, -0.2) is 0 Å². The predicted octanol–water partition coefficient (Wildman–Crippen LogP) is 4.08. The van der Waals surface area contributed by atoms with Gasteiger partial charge in [0.15, 0.2) is 0 Å². The quantitative estimate of drug-likeness (QED) is 0.814. The minimum Gasteiger partial charge on any atom is -0.310 e. The summed E-state index contributed by atoms with van der Waals surface area (Å²) in [6, 6.07) is 2.67. The summed E-state index contributed by atoms with van der Waals surface area (Å²) < 4.78 is 0. The molecule has 0 fully saturated rings. The molecule has 86 valence electrons. The van der Waals surface area contributed by atoms with E-state index in [4.69, 9.17) is 0 Å². The zero-order chi connectivity index (χ0) is 11.5. The molecule has 2 heteroatoms. The molecule has 2 unspecified atom stereocenters. The Hall–Kier alpha value is -0.340. The molecular formula is C13H23NS. The van der Waals surface area contributed by atoms with Crippen molar-refractivity contribution in [1.82, 2.24) is 5.32 Å². The number of thiophene rings is 1. The molecule has 1 rings (SSSR count). The van der Waals surface area contributed by atoms with Crippen LogP contribution in [-0.4, -0.2) is 6.54 Å². The zero-order valence-electron chi connectivity index (χ0n) is 10.5. The van der Waals surface area contributed by atoms with E-state index in [0.717, 1.165) is 6.54 Å². The molecule has 0 aliphatic heterocycles. The highest BCUT2D eigenvalue weighted by Gasteiger charge is 2.20. The number of hydrogen-bond donors (Lipinski definition) is 1. The van der Waals surface area contributed by atoms with E-state index < -0.39 is 0 Å². The van der Waals surface area contributed by atoms with Crippen LogP contribution in [-0.2, 0) is 0 Å². The van der Waals surface area contributed by atoms with Crippen molar-refractivity contribution in [2.75, 3.05) is 6.54 Å². The summed E-state index contributed by atoms with van der Waals surface area (Å²) in [7, 11) is 0. The highest BCUT2D eigenvalue weighted by Crippen LogP contribution is 2.25. The first-order chi connectivity index (χ1) is 6.91. The van der Waals surface area contributed by atoms with Crippen LogP contribution in [0.1, 0.15) is 46.2 Å². The Labute approximate surface area is 97.9 Å². The van der Waals surface area contributed by atoms with Gasteiger partial charge < -0.3 is 5.32 Å². The molecule has 0 aliphatic rings. The third-order valence-corrected chi connectivity index (χ3v) is 3.95. The van der Waals surface area contributed by atoms with Crippen molar-refractivity contribution < 1.29 is 0 Å². The zero-order valence-corrected chi connectivity index (χ0v) is 11.3. The van der Waals surface area contributed by atoms with E-state index in [1.54, 1.807) is 11.3 Å². The number of hydrogen-bond acceptors (Lipinski definition) is 2. The normalized spacial score (nSPS) is 16.3. The van der Waals surface area contributed by atoms with Gasteiger partial charge in [0.1, 0.15) is 0 Å². The second-order valence-corrected chi connectivity index (χ2v) is 6.23. The van der Waals surface area contributed by atoms with Crippen molar-refractivity contribution in [3.8, 4) is 0 Å². The number of rotatable bonds is 4. The summed E-state index contributed by atoms with van der Waals surface area (Å²) in [5.41, 5.74) is 1.79. The van der Waals surface area contributed by atoms with Gasteiger partial charge in [-0.05, 0) is 47.2 Å². The van der Waals surface area contributed by atoms with Crippen LogP contribution in [0.2, 0.25) is 0 Å². The van der Waals surface area contributed by atoms with E-state index in [2.05, 4.69) is 56.8 Å². The summed E-state index contributed by atoms with van der Waals surface area (Å²) in [5, 5.41) is 7.96. The Bertz CT molecular complexity index is 271. The van der Waals surface area contributed by atoms with Gasteiger partial charge in [-0.15, -0.1) is 0 Å². The molecule has 1 nitrogen and oxygen atoms in total. The molecule has 1 N–H and O–H groups in total. The lowest BCUT2D eigenvalue weighted by atomic mass is 9.82. The molecule has 0 aliphatic carbocycles. The van der Waals surface area contributed by atoms with Crippen molar-refractivity contribution in [2.45, 2.75) is 40.7 Å². The molecule has 0 saturated heterocycles. The van der Waals surface area contributed by atoms with Crippen molar-refractivity contribution in [3.63, 3.8) is 0 Å². The van der Waals surface area contributed by atoms with E-state index in [-0.39, 0.29) is 0 Å². The third kappa shape index (κ3) is 3.96. The van der Waals surface area contributed by atoms with E-state index in [9.17, 15) is 0 Å². The summed E-state index contributed by atoms with van der Waals surface area (Å²) in [4.78, 5) is 0. The fourth-order valence-electron chi connectivity index (χ4n) is 1.30. The molecule has 0 spiro atoms.